The molecule has 0 aliphatic heterocycles. The molecule has 0 radical (unpaired) electrons. The lowest BCUT2D eigenvalue weighted by Crippen LogP contribution is -2.59. The maximum absolute atomic E-state index is 11.6. The summed E-state index contributed by atoms with van der Waals surface area (Å²) in [5.74, 6) is -0.0376. The predicted octanol–water partition coefficient (Wildman–Crippen LogP) is 0.711. The molecule has 7 heteroatoms. The standard InChI is InChI=1S/C14H22N2O4S/c1-10(2)16-14(3,13(15)17)9-20-11-5-7-12(8-6-11)21(4,18)19/h5-8,10,16H,9H2,1-4H3,(H2,15,17). The van der Waals surface area contributed by atoms with Gasteiger partial charge in [-0.1, -0.05) is 0 Å². The summed E-state index contributed by atoms with van der Waals surface area (Å²) in [6.45, 7) is 5.53. The van der Waals surface area contributed by atoms with Gasteiger partial charge in [0.1, 0.15) is 17.9 Å². The molecule has 0 bridgehead atoms. The summed E-state index contributed by atoms with van der Waals surface area (Å²) in [5, 5.41) is 3.07. The summed E-state index contributed by atoms with van der Waals surface area (Å²) in [6.07, 6.45) is 1.14. The Morgan fingerprint density at radius 3 is 2.24 bits per heavy atom. The molecule has 0 heterocycles. The third-order valence-corrected chi connectivity index (χ3v) is 4.06. The van der Waals surface area contributed by atoms with E-state index in [9.17, 15) is 13.2 Å². The Hall–Kier alpha value is -1.60. The number of hydrogen-bond acceptors (Lipinski definition) is 5. The van der Waals surface area contributed by atoms with Crippen molar-refractivity contribution < 1.29 is 17.9 Å². The van der Waals surface area contributed by atoms with Crippen molar-refractivity contribution in [1.29, 1.82) is 0 Å². The van der Waals surface area contributed by atoms with Gasteiger partial charge in [0.05, 0.1) is 4.90 Å². The largest absolute Gasteiger partial charge is 0.491 e. The maximum atomic E-state index is 11.6. The van der Waals surface area contributed by atoms with Crippen LogP contribution in [0.5, 0.6) is 5.75 Å². The minimum Gasteiger partial charge on any atom is -0.491 e. The number of ether oxygens (including phenoxy) is 1. The first-order valence-corrected chi connectivity index (χ1v) is 8.44. The second-order valence-corrected chi connectivity index (χ2v) is 7.54. The lowest BCUT2D eigenvalue weighted by Gasteiger charge is -2.29. The van der Waals surface area contributed by atoms with E-state index in [1.165, 1.54) is 12.1 Å². The van der Waals surface area contributed by atoms with Crippen LogP contribution in [-0.2, 0) is 14.6 Å². The van der Waals surface area contributed by atoms with Crippen LogP contribution in [0, 0.1) is 0 Å². The topological polar surface area (TPSA) is 98.5 Å². The number of benzene rings is 1. The lowest BCUT2D eigenvalue weighted by atomic mass is 10.0. The van der Waals surface area contributed by atoms with Crippen molar-refractivity contribution in [3.8, 4) is 5.75 Å². The van der Waals surface area contributed by atoms with E-state index < -0.39 is 21.3 Å². The van der Waals surface area contributed by atoms with Crippen molar-refractivity contribution >= 4 is 15.7 Å². The summed E-state index contributed by atoms with van der Waals surface area (Å²) in [5.41, 5.74) is 4.41. The van der Waals surface area contributed by atoms with E-state index >= 15 is 0 Å². The van der Waals surface area contributed by atoms with E-state index in [1.807, 2.05) is 13.8 Å². The fourth-order valence-corrected chi connectivity index (χ4v) is 2.46. The zero-order chi connectivity index (χ0) is 16.3. The molecule has 6 nitrogen and oxygen atoms in total. The van der Waals surface area contributed by atoms with Crippen LogP contribution < -0.4 is 15.8 Å². The quantitative estimate of drug-likeness (QED) is 0.772. The molecule has 1 amide bonds. The molecule has 1 atom stereocenters. The smallest absolute Gasteiger partial charge is 0.240 e. The third-order valence-electron chi connectivity index (χ3n) is 2.93. The second kappa shape index (κ2) is 6.44. The average molecular weight is 314 g/mol. The van der Waals surface area contributed by atoms with Crippen LogP contribution in [0.3, 0.4) is 0 Å². The zero-order valence-electron chi connectivity index (χ0n) is 12.7. The van der Waals surface area contributed by atoms with Crippen LogP contribution in [0.15, 0.2) is 29.2 Å². The molecule has 0 saturated carbocycles. The van der Waals surface area contributed by atoms with E-state index in [1.54, 1.807) is 19.1 Å². The van der Waals surface area contributed by atoms with Crippen molar-refractivity contribution in [3.63, 3.8) is 0 Å². The number of rotatable bonds is 7. The Morgan fingerprint density at radius 1 is 1.33 bits per heavy atom. The molecule has 1 unspecified atom stereocenters. The SMILES string of the molecule is CC(C)NC(C)(COc1ccc(S(C)(=O)=O)cc1)C(N)=O. The van der Waals surface area contributed by atoms with Crippen molar-refractivity contribution in [2.75, 3.05) is 12.9 Å². The van der Waals surface area contributed by atoms with Crippen LogP contribution in [-0.4, -0.2) is 38.8 Å². The van der Waals surface area contributed by atoms with Gasteiger partial charge in [-0.15, -0.1) is 0 Å². The molecule has 21 heavy (non-hydrogen) atoms. The highest BCUT2D eigenvalue weighted by molar-refractivity contribution is 7.90. The fourth-order valence-electron chi connectivity index (χ4n) is 1.83. The minimum atomic E-state index is -3.23. The first-order valence-electron chi connectivity index (χ1n) is 6.55. The maximum Gasteiger partial charge on any atom is 0.240 e. The summed E-state index contributed by atoms with van der Waals surface area (Å²) in [6, 6.07) is 6.09. The van der Waals surface area contributed by atoms with Crippen molar-refractivity contribution in [3.05, 3.63) is 24.3 Å². The first kappa shape index (κ1) is 17.5. The number of primary amides is 1. The molecular weight excluding hydrogens is 292 g/mol. The number of amides is 1. The van der Waals surface area contributed by atoms with E-state index in [0.717, 1.165) is 6.26 Å². The lowest BCUT2D eigenvalue weighted by molar-refractivity contribution is -0.125. The van der Waals surface area contributed by atoms with Crippen molar-refractivity contribution in [2.45, 2.75) is 37.2 Å². The monoisotopic (exact) mass is 314 g/mol. The van der Waals surface area contributed by atoms with Gasteiger partial charge in [-0.2, -0.15) is 0 Å². The molecule has 1 aromatic carbocycles. The molecule has 1 aromatic rings. The van der Waals surface area contributed by atoms with Crippen molar-refractivity contribution in [2.24, 2.45) is 5.73 Å². The van der Waals surface area contributed by atoms with Gasteiger partial charge in [0.25, 0.3) is 0 Å². The summed E-state index contributed by atoms with van der Waals surface area (Å²) < 4.78 is 28.3. The number of carbonyl (C=O) groups excluding carboxylic acids is 1. The fraction of sp³-hybridized carbons (Fsp3) is 0.500. The Balaban J connectivity index is 2.79. The summed E-state index contributed by atoms with van der Waals surface area (Å²) in [7, 11) is -3.23. The number of nitrogens with two attached hydrogens (primary N) is 1. The van der Waals surface area contributed by atoms with E-state index in [4.69, 9.17) is 10.5 Å². The summed E-state index contributed by atoms with van der Waals surface area (Å²) in [4.78, 5) is 11.8. The number of carbonyl (C=O) groups is 1. The Morgan fingerprint density at radius 2 is 1.86 bits per heavy atom. The van der Waals surface area contributed by atoms with Gasteiger partial charge in [0, 0.05) is 12.3 Å². The van der Waals surface area contributed by atoms with Gasteiger partial charge in [0.15, 0.2) is 9.84 Å². The summed E-state index contributed by atoms with van der Waals surface area (Å²) >= 11 is 0. The molecule has 0 spiro atoms. The van der Waals surface area contributed by atoms with Crippen molar-refractivity contribution in [1.82, 2.24) is 5.32 Å². The van der Waals surface area contributed by atoms with Gasteiger partial charge in [-0.25, -0.2) is 8.42 Å². The Bertz CT molecular complexity index is 596. The molecule has 0 fully saturated rings. The van der Waals surface area contributed by atoms with Gasteiger partial charge < -0.3 is 10.5 Å². The Labute approximate surface area is 125 Å². The molecule has 1 rings (SSSR count). The normalized spacial score (nSPS) is 14.7. The molecule has 0 aliphatic rings. The van der Waals surface area contributed by atoms with Gasteiger partial charge in [-0.05, 0) is 45.0 Å². The highest BCUT2D eigenvalue weighted by Gasteiger charge is 2.32. The first-order chi connectivity index (χ1) is 9.54. The molecule has 118 valence electrons. The van der Waals surface area contributed by atoms with Gasteiger partial charge >= 0.3 is 0 Å². The number of nitrogens with one attached hydrogen (secondary N) is 1. The minimum absolute atomic E-state index is 0.0543. The molecule has 0 aromatic heterocycles. The van der Waals surface area contributed by atoms with Crippen LogP contribution in [0.4, 0.5) is 0 Å². The third kappa shape index (κ3) is 5.02. The molecular formula is C14H22N2O4S. The molecule has 0 aliphatic carbocycles. The van der Waals surface area contributed by atoms with Crippen LogP contribution in [0.25, 0.3) is 0 Å². The zero-order valence-corrected chi connectivity index (χ0v) is 13.5. The average Bonchev–Trinajstić information content (AvgIpc) is 2.35. The van der Waals surface area contributed by atoms with E-state index in [0.29, 0.717) is 5.75 Å². The van der Waals surface area contributed by atoms with E-state index in [-0.39, 0.29) is 17.5 Å². The molecule has 0 saturated heterocycles. The number of hydrogen-bond donors (Lipinski definition) is 2. The van der Waals surface area contributed by atoms with Crippen LogP contribution in [0.2, 0.25) is 0 Å². The molecule has 3 N–H and O–H groups in total. The second-order valence-electron chi connectivity index (χ2n) is 5.53. The highest BCUT2D eigenvalue weighted by Crippen LogP contribution is 2.17. The Kier molecular flexibility index (Phi) is 5.36. The van der Waals surface area contributed by atoms with Gasteiger partial charge in [0.2, 0.25) is 5.91 Å². The highest BCUT2D eigenvalue weighted by atomic mass is 32.2. The van der Waals surface area contributed by atoms with Gasteiger partial charge in [-0.3, -0.25) is 10.1 Å². The van der Waals surface area contributed by atoms with Crippen LogP contribution in [0.1, 0.15) is 20.8 Å². The number of sulfone groups is 1. The van der Waals surface area contributed by atoms with Crippen LogP contribution >= 0.6 is 0 Å². The van der Waals surface area contributed by atoms with E-state index in [2.05, 4.69) is 5.32 Å². The predicted molar refractivity (Wildman–Crippen MR) is 80.9 cm³/mol.